The first kappa shape index (κ1) is 20.1. The summed E-state index contributed by atoms with van der Waals surface area (Å²) in [6.07, 6.45) is 0.855. The maximum absolute atomic E-state index is 12.6. The number of carbonyl (C=O) groups is 1. The average molecular weight is 405 g/mol. The minimum Gasteiger partial charge on any atom is -0.368 e. The molecule has 1 aliphatic rings. The quantitative estimate of drug-likeness (QED) is 0.618. The molecule has 1 aliphatic heterocycles. The molecule has 6 nitrogen and oxygen atoms in total. The Morgan fingerprint density at radius 1 is 1.00 bits per heavy atom. The second-order valence-electron chi connectivity index (χ2n) is 7.99. The van der Waals surface area contributed by atoms with Crippen molar-refractivity contribution in [2.24, 2.45) is 0 Å². The molecule has 30 heavy (non-hydrogen) atoms. The van der Waals surface area contributed by atoms with Crippen molar-refractivity contribution in [2.75, 3.05) is 31.1 Å². The molecule has 0 spiro atoms. The van der Waals surface area contributed by atoms with E-state index in [1.54, 1.807) is 0 Å². The summed E-state index contributed by atoms with van der Waals surface area (Å²) in [5.74, 6) is 1.71. The lowest BCUT2D eigenvalue weighted by Gasteiger charge is -2.36. The summed E-state index contributed by atoms with van der Waals surface area (Å²) in [6.45, 7) is 7.52. The van der Waals surface area contributed by atoms with Crippen LogP contribution in [0.15, 0.2) is 59.1 Å². The van der Waals surface area contributed by atoms with Crippen LogP contribution in [0.3, 0.4) is 0 Å². The lowest BCUT2D eigenvalue weighted by molar-refractivity contribution is -0.131. The number of carbonyl (C=O) groups excluding carboxylic acids is 1. The van der Waals surface area contributed by atoms with Crippen LogP contribution < -0.4 is 4.90 Å². The highest BCUT2D eigenvalue weighted by Gasteiger charge is 2.21. The number of nitrogens with zero attached hydrogens (tertiary/aromatic N) is 4. The molecular formula is C24H28N4O2. The molecule has 0 saturated carbocycles. The molecular weight excluding hydrogens is 376 g/mol. The number of aromatic nitrogens is 2. The van der Waals surface area contributed by atoms with E-state index in [4.69, 9.17) is 4.52 Å². The van der Waals surface area contributed by atoms with Crippen molar-refractivity contribution in [3.8, 4) is 11.4 Å². The molecule has 3 aromatic rings. The predicted molar refractivity (Wildman–Crippen MR) is 117 cm³/mol. The Morgan fingerprint density at radius 3 is 2.37 bits per heavy atom. The lowest BCUT2D eigenvalue weighted by atomic mass is 10.0. The van der Waals surface area contributed by atoms with Gasteiger partial charge in [0.2, 0.25) is 17.6 Å². The van der Waals surface area contributed by atoms with Crippen molar-refractivity contribution in [3.63, 3.8) is 0 Å². The van der Waals surface area contributed by atoms with Crippen molar-refractivity contribution in [3.05, 3.63) is 66.1 Å². The van der Waals surface area contributed by atoms with E-state index >= 15 is 0 Å². The number of piperazine rings is 1. The van der Waals surface area contributed by atoms with E-state index in [1.165, 1.54) is 11.3 Å². The summed E-state index contributed by atoms with van der Waals surface area (Å²) in [4.78, 5) is 21.3. The monoisotopic (exact) mass is 404 g/mol. The van der Waals surface area contributed by atoms with Crippen LogP contribution in [0.4, 0.5) is 5.69 Å². The number of rotatable bonds is 6. The molecule has 0 bridgehead atoms. The molecule has 1 amide bonds. The van der Waals surface area contributed by atoms with Gasteiger partial charge in [-0.2, -0.15) is 4.98 Å². The van der Waals surface area contributed by atoms with Gasteiger partial charge in [-0.15, -0.1) is 0 Å². The fraction of sp³-hybridized carbons (Fsp3) is 0.375. The normalized spacial score (nSPS) is 14.4. The first-order chi connectivity index (χ1) is 14.6. The minimum absolute atomic E-state index is 0.142. The van der Waals surface area contributed by atoms with Crippen LogP contribution in [0.5, 0.6) is 0 Å². The third-order valence-electron chi connectivity index (χ3n) is 5.61. The Morgan fingerprint density at radius 2 is 1.70 bits per heavy atom. The fourth-order valence-electron chi connectivity index (χ4n) is 3.72. The highest BCUT2D eigenvalue weighted by Crippen LogP contribution is 2.21. The number of hydrogen-bond acceptors (Lipinski definition) is 5. The van der Waals surface area contributed by atoms with Crippen LogP contribution in [0.1, 0.15) is 37.6 Å². The van der Waals surface area contributed by atoms with Crippen molar-refractivity contribution in [2.45, 2.75) is 32.6 Å². The number of benzene rings is 2. The highest BCUT2D eigenvalue weighted by atomic mass is 16.5. The summed E-state index contributed by atoms with van der Waals surface area (Å²) in [5, 5.41) is 4.08. The molecule has 1 fully saturated rings. The van der Waals surface area contributed by atoms with E-state index < -0.39 is 0 Å². The summed E-state index contributed by atoms with van der Waals surface area (Å²) in [7, 11) is 0. The summed E-state index contributed by atoms with van der Waals surface area (Å²) < 4.78 is 5.37. The molecule has 0 unspecified atom stereocenters. The fourth-order valence-corrected chi connectivity index (χ4v) is 3.72. The second kappa shape index (κ2) is 9.11. The zero-order chi connectivity index (χ0) is 20.9. The Hall–Kier alpha value is -3.15. The van der Waals surface area contributed by atoms with Gasteiger partial charge in [-0.1, -0.05) is 61.5 Å². The number of aryl methyl sites for hydroxylation is 1. The minimum atomic E-state index is 0.142. The van der Waals surface area contributed by atoms with Gasteiger partial charge in [0.15, 0.2) is 0 Å². The lowest BCUT2D eigenvalue weighted by Crippen LogP contribution is -2.48. The summed E-state index contributed by atoms with van der Waals surface area (Å²) >= 11 is 0. The van der Waals surface area contributed by atoms with Crippen molar-refractivity contribution >= 4 is 11.6 Å². The molecule has 1 aromatic heterocycles. The summed E-state index contributed by atoms with van der Waals surface area (Å²) in [6, 6.07) is 18.6. The van der Waals surface area contributed by atoms with Gasteiger partial charge >= 0.3 is 0 Å². The molecule has 2 heterocycles. The van der Waals surface area contributed by atoms with E-state index in [-0.39, 0.29) is 5.91 Å². The first-order valence-electron chi connectivity index (χ1n) is 10.6. The highest BCUT2D eigenvalue weighted by molar-refractivity contribution is 5.76. The molecule has 6 heteroatoms. The van der Waals surface area contributed by atoms with Gasteiger partial charge in [-0.25, -0.2) is 0 Å². The summed E-state index contributed by atoms with van der Waals surface area (Å²) in [5.41, 5.74) is 3.42. The van der Waals surface area contributed by atoms with E-state index in [1.807, 2.05) is 35.2 Å². The second-order valence-corrected chi connectivity index (χ2v) is 7.99. The largest absolute Gasteiger partial charge is 0.368 e. The van der Waals surface area contributed by atoms with Gasteiger partial charge in [0.25, 0.3) is 0 Å². The van der Waals surface area contributed by atoms with Crippen LogP contribution in [-0.4, -0.2) is 47.1 Å². The Kier molecular flexibility index (Phi) is 6.12. The van der Waals surface area contributed by atoms with Crippen molar-refractivity contribution in [1.29, 1.82) is 0 Å². The van der Waals surface area contributed by atoms with Crippen LogP contribution in [0.25, 0.3) is 11.4 Å². The Bertz CT molecular complexity index is 958. The van der Waals surface area contributed by atoms with Crippen molar-refractivity contribution < 1.29 is 9.32 Å². The van der Waals surface area contributed by atoms with Gasteiger partial charge in [0.1, 0.15) is 0 Å². The smallest absolute Gasteiger partial charge is 0.227 e. The topological polar surface area (TPSA) is 62.5 Å². The van der Waals surface area contributed by atoms with Gasteiger partial charge < -0.3 is 14.3 Å². The third kappa shape index (κ3) is 4.70. The van der Waals surface area contributed by atoms with Crippen LogP contribution in [0.2, 0.25) is 0 Å². The van der Waals surface area contributed by atoms with E-state index in [2.05, 4.69) is 53.2 Å². The molecule has 156 valence electrons. The third-order valence-corrected chi connectivity index (χ3v) is 5.61. The Labute approximate surface area is 177 Å². The van der Waals surface area contributed by atoms with Crippen LogP contribution in [-0.2, 0) is 11.2 Å². The molecule has 0 atom stereocenters. The number of amides is 1. The van der Waals surface area contributed by atoms with E-state index in [0.29, 0.717) is 30.5 Å². The zero-order valence-electron chi connectivity index (χ0n) is 17.6. The molecule has 2 aromatic carbocycles. The molecule has 0 aliphatic carbocycles. The average Bonchev–Trinajstić information content (AvgIpc) is 3.27. The number of anilines is 1. The van der Waals surface area contributed by atoms with E-state index in [9.17, 15) is 4.79 Å². The van der Waals surface area contributed by atoms with Crippen LogP contribution in [0, 0.1) is 0 Å². The molecule has 0 N–H and O–H groups in total. The first-order valence-corrected chi connectivity index (χ1v) is 10.6. The number of hydrogen-bond donors (Lipinski definition) is 0. The molecule has 1 saturated heterocycles. The maximum atomic E-state index is 12.6. The van der Waals surface area contributed by atoms with Gasteiger partial charge in [-0.3, -0.25) is 4.79 Å². The molecule has 4 rings (SSSR count). The van der Waals surface area contributed by atoms with Gasteiger partial charge in [0.05, 0.1) is 0 Å². The van der Waals surface area contributed by atoms with Gasteiger partial charge in [0, 0.05) is 50.3 Å². The predicted octanol–water partition coefficient (Wildman–Crippen LogP) is 4.14. The Balaban J connectivity index is 1.28. The standard InChI is InChI=1S/C24H28N4O2/c1-18(2)19-8-10-20(11-9-19)24-25-22(30-26-24)12-13-23(29)28-16-14-27(15-17-28)21-6-4-3-5-7-21/h3-11,18H,12-17H2,1-2H3. The van der Waals surface area contributed by atoms with Crippen LogP contribution >= 0.6 is 0 Å². The van der Waals surface area contributed by atoms with E-state index in [0.717, 1.165) is 31.7 Å². The van der Waals surface area contributed by atoms with Crippen molar-refractivity contribution in [1.82, 2.24) is 15.0 Å². The molecule has 0 radical (unpaired) electrons. The SMILES string of the molecule is CC(C)c1ccc(-c2noc(CCC(=O)N3CCN(c4ccccc4)CC3)n2)cc1. The number of para-hydroxylation sites is 1. The maximum Gasteiger partial charge on any atom is 0.227 e. The van der Waals surface area contributed by atoms with Gasteiger partial charge in [-0.05, 0) is 23.6 Å². The zero-order valence-corrected chi connectivity index (χ0v) is 17.6.